The fraction of sp³-hybridized carbons (Fsp3) is 0.636. The number of nitrogens with two attached hydrogens (primary N) is 1. The van der Waals surface area contributed by atoms with Gasteiger partial charge < -0.3 is 10.6 Å². The highest BCUT2D eigenvalue weighted by Crippen LogP contribution is 2.18. The van der Waals surface area contributed by atoms with Crippen molar-refractivity contribution in [1.82, 2.24) is 4.90 Å². The molecule has 1 aliphatic heterocycles. The quantitative estimate of drug-likeness (QED) is 0.690. The van der Waals surface area contributed by atoms with E-state index < -0.39 is 0 Å². The van der Waals surface area contributed by atoms with Gasteiger partial charge >= 0.3 is 0 Å². The number of rotatable bonds is 3. The zero-order valence-electron chi connectivity index (χ0n) is 9.11. The summed E-state index contributed by atoms with van der Waals surface area (Å²) in [4.78, 5) is 24.0. The normalized spacial score (nSPS) is 19.1. The lowest BCUT2D eigenvalue weighted by Gasteiger charge is -2.21. The van der Waals surface area contributed by atoms with E-state index in [1.807, 2.05) is 6.92 Å². The van der Waals surface area contributed by atoms with Crippen molar-refractivity contribution >= 4 is 11.8 Å². The number of hydrogen-bond donors (Lipinski definition) is 1. The first-order valence-corrected chi connectivity index (χ1v) is 5.09. The Morgan fingerprint density at radius 2 is 2.07 bits per heavy atom. The molecular formula is C11H18N2O2. The standard InChI is InChI=1S/C9H16N2O2.C2H2/c1-2-4-8(12)11-6-3-5-7(11)9(10)13;1-2/h7H,2-6H2,1H3,(H2,10,13);1-2H. The average molecular weight is 210 g/mol. The van der Waals surface area contributed by atoms with Gasteiger partial charge in [-0.25, -0.2) is 0 Å². The van der Waals surface area contributed by atoms with Crippen LogP contribution in [0.2, 0.25) is 0 Å². The minimum atomic E-state index is -0.373. The van der Waals surface area contributed by atoms with E-state index in [2.05, 4.69) is 12.8 Å². The topological polar surface area (TPSA) is 63.4 Å². The number of carbonyl (C=O) groups excluding carboxylic acids is 2. The maximum Gasteiger partial charge on any atom is 0.240 e. The third-order valence-corrected chi connectivity index (χ3v) is 2.37. The van der Waals surface area contributed by atoms with Crippen molar-refractivity contribution in [2.75, 3.05) is 6.54 Å². The van der Waals surface area contributed by atoms with E-state index in [0.717, 1.165) is 19.3 Å². The van der Waals surface area contributed by atoms with Crippen molar-refractivity contribution in [3.05, 3.63) is 0 Å². The lowest BCUT2D eigenvalue weighted by molar-refractivity contribution is -0.137. The summed E-state index contributed by atoms with van der Waals surface area (Å²) < 4.78 is 0. The van der Waals surface area contributed by atoms with Gasteiger partial charge in [0.1, 0.15) is 6.04 Å². The molecule has 2 N–H and O–H groups in total. The van der Waals surface area contributed by atoms with E-state index in [4.69, 9.17) is 5.73 Å². The Hall–Kier alpha value is -1.50. The van der Waals surface area contributed by atoms with Crippen LogP contribution in [-0.2, 0) is 9.59 Å². The van der Waals surface area contributed by atoms with Gasteiger partial charge in [0.25, 0.3) is 0 Å². The third kappa shape index (κ3) is 3.62. The van der Waals surface area contributed by atoms with Crippen LogP contribution in [-0.4, -0.2) is 29.3 Å². The highest BCUT2D eigenvalue weighted by molar-refractivity contribution is 5.87. The number of likely N-dealkylation sites (tertiary alicyclic amines) is 1. The molecule has 84 valence electrons. The minimum Gasteiger partial charge on any atom is -0.368 e. The zero-order valence-corrected chi connectivity index (χ0v) is 9.11. The Bertz CT molecular complexity index is 248. The molecule has 1 unspecified atom stereocenters. The van der Waals surface area contributed by atoms with E-state index in [0.29, 0.717) is 13.0 Å². The molecule has 0 aromatic carbocycles. The first-order chi connectivity index (χ1) is 7.16. The molecular weight excluding hydrogens is 192 g/mol. The Morgan fingerprint density at radius 3 is 2.53 bits per heavy atom. The second-order valence-corrected chi connectivity index (χ2v) is 3.40. The van der Waals surface area contributed by atoms with Crippen molar-refractivity contribution < 1.29 is 9.59 Å². The van der Waals surface area contributed by atoms with E-state index >= 15 is 0 Å². The number of primary amides is 1. The summed E-state index contributed by atoms with van der Waals surface area (Å²) in [6.45, 7) is 2.64. The van der Waals surface area contributed by atoms with Gasteiger partial charge in [0.2, 0.25) is 11.8 Å². The predicted octanol–water partition coefficient (Wildman–Crippen LogP) is 0.512. The highest BCUT2D eigenvalue weighted by Gasteiger charge is 2.31. The fourth-order valence-electron chi connectivity index (χ4n) is 1.72. The van der Waals surface area contributed by atoms with Gasteiger partial charge in [-0.1, -0.05) is 6.92 Å². The molecule has 0 aliphatic carbocycles. The number of carbonyl (C=O) groups is 2. The van der Waals surface area contributed by atoms with Crippen molar-refractivity contribution in [1.29, 1.82) is 0 Å². The predicted molar refractivity (Wildman–Crippen MR) is 58.7 cm³/mol. The van der Waals surface area contributed by atoms with Crippen LogP contribution in [0, 0.1) is 12.8 Å². The molecule has 1 heterocycles. The first-order valence-electron chi connectivity index (χ1n) is 5.09. The SMILES string of the molecule is C#C.CCCC(=O)N1CCCC1C(N)=O. The smallest absolute Gasteiger partial charge is 0.240 e. The Balaban J connectivity index is 0.000000921. The molecule has 2 amide bonds. The van der Waals surface area contributed by atoms with E-state index in [9.17, 15) is 9.59 Å². The summed E-state index contributed by atoms with van der Waals surface area (Å²) in [5.74, 6) is -0.314. The molecule has 4 heteroatoms. The van der Waals surface area contributed by atoms with Crippen molar-refractivity contribution in [2.24, 2.45) is 5.73 Å². The van der Waals surface area contributed by atoms with Crippen LogP contribution in [0.25, 0.3) is 0 Å². The van der Waals surface area contributed by atoms with Gasteiger partial charge in [-0.3, -0.25) is 9.59 Å². The summed E-state index contributed by atoms with van der Waals surface area (Å²) in [7, 11) is 0. The summed E-state index contributed by atoms with van der Waals surface area (Å²) in [5, 5.41) is 0. The molecule has 1 fully saturated rings. The molecule has 0 spiro atoms. The molecule has 4 nitrogen and oxygen atoms in total. The summed E-state index contributed by atoms with van der Waals surface area (Å²) >= 11 is 0. The van der Waals surface area contributed by atoms with Gasteiger partial charge in [0.05, 0.1) is 0 Å². The van der Waals surface area contributed by atoms with Crippen molar-refractivity contribution in [3.63, 3.8) is 0 Å². The van der Waals surface area contributed by atoms with Crippen molar-refractivity contribution in [3.8, 4) is 12.8 Å². The van der Waals surface area contributed by atoms with E-state index in [1.165, 1.54) is 0 Å². The molecule has 0 aromatic heterocycles. The minimum absolute atomic E-state index is 0.0591. The fourth-order valence-corrected chi connectivity index (χ4v) is 1.72. The molecule has 1 aliphatic rings. The molecule has 0 saturated carbocycles. The van der Waals surface area contributed by atoms with Crippen LogP contribution < -0.4 is 5.73 Å². The second kappa shape index (κ2) is 6.88. The Kier molecular flexibility index (Phi) is 6.19. The first kappa shape index (κ1) is 13.5. The molecule has 1 atom stereocenters. The lowest BCUT2D eigenvalue weighted by atomic mass is 10.2. The van der Waals surface area contributed by atoms with Gasteiger partial charge in [-0.15, -0.1) is 12.8 Å². The van der Waals surface area contributed by atoms with Crippen LogP contribution in [0.1, 0.15) is 32.6 Å². The van der Waals surface area contributed by atoms with E-state index in [-0.39, 0.29) is 17.9 Å². The summed E-state index contributed by atoms with van der Waals surface area (Å²) in [5.41, 5.74) is 5.19. The maximum atomic E-state index is 11.5. The zero-order chi connectivity index (χ0) is 11.8. The average Bonchev–Trinajstić information content (AvgIpc) is 2.69. The number of amides is 2. The van der Waals surface area contributed by atoms with Crippen LogP contribution in [0.3, 0.4) is 0 Å². The van der Waals surface area contributed by atoms with Gasteiger partial charge in [0, 0.05) is 13.0 Å². The van der Waals surface area contributed by atoms with Crippen LogP contribution in [0.5, 0.6) is 0 Å². The van der Waals surface area contributed by atoms with Crippen LogP contribution >= 0.6 is 0 Å². The molecule has 0 radical (unpaired) electrons. The van der Waals surface area contributed by atoms with Crippen molar-refractivity contribution in [2.45, 2.75) is 38.6 Å². The largest absolute Gasteiger partial charge is 0.368 e. The second-order valence-electron chi connectivity index (χ2n) is 3.40. The van der Waals surface area contributed by atoms with Gasteiger partial charge in [-0.05, 0) is 19.3 Å². The van der Waals surface area contributed by atoms with E-state index in [1.54, 1.807) is 4.90 Å². The molecule has 1 rings (SSSR count). The Morgan fingerprint density at radius 1 is 1.47 bits per heavy atom. The van der Waals surface area contributed by atoms with Crippen LogP contribution in [0.15, 0.2) is 0 Å². The van der Waals surface area contributed by atoms with Gasteiger partial charge in [-0.2, -0.15) is 0 Å². The molecule has 0 bridgehead atoms. The molecule has 0 aromatic rings. The monoisotopic (exact) mass is 210 g/mol. The molecule has 15 heavy (non-hydrogen) atoms. The summed E-state index contributed by atoms with van der Waals surface area (Å²) in [6.07, 6.45) is 11.0. The molecule has 1 saturated heterocycles. The number of hydrogen-bond acceptors (Lipinski definition) is 2. The summed E-state index contributed by atoms with van der Waals surface area (Å²) in [6, 6.07) is -0.348. The Labute approximate surface area is 90.8 Å². The van der Waals surface area contributed by atoms with Crippen LogP contribution in [0.4, 0.5) is 0 Å². The third-order valence-electron chi connectivity index (χ3n) is 2.37. The number of terminal acetylenes is 1. The maximum absolute atomic E-state index is 11.5. The number of nitrogens with zero attached hydrogens (tertiary/aromatic N) is 1. The lowest BCUT2D eigenvalue weighted by Crippen LogP contribution is -2.43. The van der Waals surface area contributed by atoms with Gasteiger partial charge in [0.15, 0.2) is 0 Å². The highest BCUT2D eigenvalue weighted by atomic mass is 16.2.